The molecule has 1 aliphatic rings. The molecule has 0 unspecified atom stereocenters. The minimum Gasteiger partial charge on any atom is -0.378 e. The minimum atomic E-state index is 0.437. The largest absolute Gasteiger partial charge is 0.378 e. The van der Waals surface area contributed by atoms with Gasteiger partial charge in [-0.3, -0.25) is 0 Å². The van der Waals surface area contributed by atoms with Crippen molar-refractivity contribution < 1.29 is 4.74 Å². The first-order chi connectivity index (χ1) is 9.80. The fraction of sp³-hybridized carbons (Fsp3) is 0.333. The Hall–Kier alpha value is -1.98. The van der Waals surface area contributed by atoms with Crippen LogP contribution in [-0.2, 0) is 11.3 Å². The van der Waals surface area contributed by atoms with Crippen LogP contribution >= 0.6 is 0 Å². The predicted molar refractivity (Wildman–Crippen MR) is 78.0 cm³/mol. The maximum absolute atomic E-state index is 5.47. The molecule has 1 heterocycles. The quantitative estimate of drug-likeness (QED) is 0.645. The van der Waals surface area contributed by atoms with E-state index in [0.717, 1.165) is 11.3 Å². The zero-order valence-corrected chi connectivity index (χ0v) is 11.5. The van der Waals surface area contributed by atoms with Gasteiger partial charge in [0, 0.05) is 18.7 Å². The van der Waals surface area contributed by atoms with E-state index in [9.17, 15) is 0 Å². The van der Waals surface area contributed by atoms with Crippen molar-refractivity contribution in [3.8, 4) is 11.4 Å². The van der Waals surface area contributed by atoms with Crippen LogP contribution in [0.2, 0.25) is 0 Å². The van der Waals surface area contributed by atoms with E-state index >= 15 is 0 Å². The van der Waals surface area contributed by atoms with Gasteiger partial charge >= 0.3 is 0 Å². The summed E-state index contributed by atoms with van der Waals surface area (Å²) in [7, 11) is 1.64. The number of hydrazine groups is 1. The topological polar surface area (TPSA) is 73.1 Å². The second-order valence-corrected chi connectivity index (χ2v) is 5.05. The van der Waals surface area contributed by atoms with Gasteiger partial charge in [0.05, 0.1) is 12.3 Å². The Labute approximate surface area is 118 Å². The summed E-state index contributed by atoms with van der Waals surface area (Å²) >= 11 is 0. The highest BCUT2D eigenvalue weighted by Crippen LogP contribution is 2.40. The third-order valence-electron chi connectivity index (χ3n) is 3.41. The van der Waals surface area contributed by atoms with Gasteiger partial charge in [-0.1, -0.05) is 18.2 Å². The molecule has 1 saturated carbocycles. The highest BCUT2D eigenvalue weighted by Gasteiger charge is 2.23. The van der Waals surface area contributed by atoms with Gasteiger partial charge in [-0.2, -0.15) is 0 Å². The normalized spacial score (nSPS) is 14.3. The highest BCUT2D eigenvalue weighted by atomic mass is 16.5. The fourth-order valence-corrected chi connectivity index (χ4v) is 2.27. The predicted octanol–water partition coefficient (Wildman–Crippen LogP) is 2.45. The maximum Gasteiger partial charge on any atom is 0.161 e. The van der Waals surface area contributed by atoms with Crippen molar-refractivity contribution in [3.63, 3.8) is 0 Å². The molecule has 0 bridgehead atoms. The minimum absolute atomic E-state index is 0.437. The van der Waals surface area contributed by atoms with Crippen LogP contribution in [-0.4, -0.2) is 17.1 Å². The smallest absolute Gasteiger partial charge is 0.161 e. The Balaban J connectivity index is 1.99. The number of hydrogen-bond donors (Lipinski definition) is 2. The van der Waals surface area contributed by atoms with Gasteiger partial charge in [-0.15, -0.1) is 0 Å². The molecule has 0 saturated heterocycles. The van der Waals surface area contributed by atoms with Gasteiger partial charge in [-0.05, 0) is 30.4 Å². The molecule has 1 fully saturated rings. The lowest BCUT2D eigenvalue weighted by Crippen LogP contribution is -2.11. The van der Waals surface area contributed by atoms with Gasteiger partial charge in [0.1, 0.15) is 5.82 Å². The van der Waals surface area contributed by atoms with Crippen LogP contribution in [0.1, 0.15) is 30.0 Å². The van der Waals surface area contributed by atoms with Crippen LogP contribution in [0.4, 0.5) is 5.82 Å². The second kappa shape index (κ2) is 5.56. The number of rotatable bonds is 5. The summed E-state index contributed by atoms with van der Waals surface area (Å²) in [5.74, 6) is 7.45. The molecule has 20 heavy (non-hydrogen) atoms. The lowest BCUT2D eigenvalue weighted by atomic mass is 10.1. The third kappa shape index (κ3) is 2.79. The molecule has 1 aliphatic carbocycles. The number of nitrogen functional groups attached to an aromatic ring is 1. The number of methoxy groups -OCH3 is 1. The molecule has 0 atom stereocenters. The third-order valence-corrected chi connectivity index (χ3v) is 3.41. The van der Waals surface area contributed by atoms with E-state index in [0.29, 0.717) is 24.2 Å². The lowest BCUT2D eigenvalue weighted by Gasteiger charge is -2.08. The number of ether oxygens (including phenoxy) is 1. The van der Waals surface area contributed by atoms with E-state index in [2.05, 4.69) is 33.6 Å². The summed E-state index contributed by atoms with van der Waals surface area (Å²) < 4.78 is 5.13. The average molecular weight is 270 g/mol. The fourth-order valence-electron chi connectivity index (χ4n) is 2.27. The van der Waals surface area contributed by atoms with E-state index in [-0.39, 0.29) is 0 Å². The molecule has 1 aromatic carbocycles. The van der Waals surface area contributed by atoms with E-state index < -0.39 is 0 Å². The van der Waals surface area contributed by atoms with Gasteiger partial charge < -0.3 is 10.2 Å². The van der Waals surface area contributed by atoms with Crippen LogP contribution in [0, 0.1) is 0 Å². The van der Waals surface area contributed by atoms with Crippen molar-refractivity contribution >= 4 is 5.82 Å². The van der Waals surface area contributed by atoms with E-state index in [1.807, 2.05) is 6.07 Å². The monoisotopic (exact) mass is 270 g/mol. The average Bonchev–Trinajstić information content (AvgIpc) is 3.32. The number of nitrogens with two attached hydrogens (primary N) is 1. The molecule has 0 aliphatic heterocycles. The van der Waals surface area contributed by atoms with Crippen molar-refractivity contribution in [3.05, 3.63) is 41.6 Å². The number of aromatic nitrogens is 2. The van der Waals surface area contributed by atoms with Crippen molar-refractivity contribution in [2.45, 2.75) is 25.4 Å². The molecule has 5 nitrogen and oxygen atoms in total. The number of nitrogens with zero attached hydrogens (tertiary/aromatic N) is 2. The van der Waals surface area contributed by atoms with Gasteiger partial charge in [0.25, 0.3) is 0 Å². The summed E-state index contributed by atoms with van der Waals surface area (Å²) in [5, 5.41) is 0. The van der Waals surface area contributed by atoms with Crippen LogP contribution in [0.3, 0.4) is 0 Å². The Kier molecular flexibility index (Phi) is 3.62. The van der Waals surface area contributed by atoms with E-state index in [1.165, 1.54) is 18.4 Å². The molecular formula is C15H18N4O. The molecule has 0 spiro atoms. The molecule has 5 heteroatoms. The van der Waals surface area contributed by atoms with Crippen molar-refractivity contribution in [2.24, 2.45) is 5.84 Å². The molecule has 0 radical (unpaired) electrons. The van der Waals surface area contributed by atoms with Gasteiger partial charge in [0.15, 0.2) is 5.82 Å². The number of nitrogens with one attached hydrogen (secondary N) is 1. The van der Waals surface area contributed by atoms with Gasteiger partial charge in [0.2, 0.25) is 0 Å². The lowest BCUT2D eigenvalue weighted by molar-refractivity contribution is 0.181. The second-order valence-electron chi connectivity index (χ2n) is 5.05. The van der Waals surface area contributed by atoms with Gasteiger partial charge in [-0.25, -0.2) is 15.8 Å². The zero-order valence-electron chi connectivity index (χ0n) is 11.5. The molecule has 3 rings (SSSR count). The Morgan fingerprint density at radius 2 is 2.15 bits per heavy atom. The number of benzene rings is 1. The molecular weight excluding hydrogens is 252 g/mol. The molecule has 3 N–H and O–H groups in total. The van der Waals surface area contributed by atoms with Crippen LogP contribution in [0.25, 0.3) is 11.4 Å². The highest BCUT2D eigenvalue weighted by molar-refractivity contribution is 5.59. The number of anilines is 1. The van der Waals surface area contributed by atoms with Crippen molar-refractivity contribution in [1.82, 2.24) is 9.97 Å². The standard InChI is InChI=1S/C15H18N4O/c1-20-9-13-8-14(19-16)18-15(17-13)12-4-2-3-11(7-12)10-5-6-10/h2-4,7-8,10H,5-6,9,16H2,1H3,(H,17,18,19). The summed E-state index contributed by atoms with van der Waals surface area (Å²) in [6, 6.07) is 10.2. The van der Waals surface area contributed by atoms with Crippen LogP contribution in [0.15, 0.2) is 30.3 Å². The van der Waals surface area contributed by atoms with Crippen LogP contribution < -0.4 is 11.3 Å². The Morgan fingerprint density at radius 1 is 1.30 bits per heavy atom. The first-order valence-electron chi connectivity index (χ1n) is 6.74. The maximum atomic E-state index is 5.47. The first-order valence-corrected chi connectivity index (χ1v) is 6.74. The van der Waals surface area contributed by atoms with Crippen LogP contribution in [0.5, 0.6) is 0 Å². The summed E-state index contributed by atoms with van der Waals surface area (Å²) in [5.41, 5.74) is 5.77. The Bertz CT molecular complexity index is 611. The molecule has 104 valence electrons. The molecule has 1 aromatic heterocycles. The molecule has 2 aromatic rings. The van der Waals surface area contributed by atoms with Crippen molar-refractivity contribution in [2.75, 3.05) is 12.5 Å². The molecule has 0 amide bonds. The first kappa shape index (κ1) is 13.0. The SMILES string of the molecule is COCc1cc(NN)nc(-c2cccc(C3CC3)c2)n1. The zero-order chi connectivity index (χ0) is 13.9. The van der Waals surface area contributed by atoms with E-state index in [4.69, 9.17) is 10.6 Å². The summed E-state index contributed by atoms with van der Waals surface area (Å²) in [6.07, 6.45) is 2.56. The number of hydrogen-bond acceptors (Lipinski definition) is 5. The summed E-state index contributed by atoms with van der Waals surface area (Å²) in [4.78, 5) is 8.95. The van der Waals surface area contributed by atoms with E-state index in [1.54, 1.807) is 13.2 Å². The Morgan fingerprint density at radius 3 is 2.85 bits per heavy atom. The van der Waals surface area contributed by atoms with Crippen molar-refractivity contribution in [1.29, 1.82) is 0 Å². The summed E-state index contributed by atoms with van der Waals surface area (Å²) in [6.45, 7) is 0.437.